The molecule has 1 aliphatic carbocycles. The Morgan fingerprint density at radius 2 is 0.875 bits per heavy atom. The molecule has 0 atom stereocenters. The third kappa shape index (κ3) is 5.86. The summed E-state index contributed by atoms with van der Waals surface area (Å²) in [7, 11) is 0. The summed E-state index contributed by atoms with van der Waals surface area (Å²) in [4.78, 5) is 0. The van der Waals surface area contributed by atoms with Gasteiger partial charge >= 0.3 is 0 Å². The molecule has 96 valence electrons. The fraction of sp³-hybridized carbons (Fsp3) is 1.00. The summed E-state index contributed by atoms with van der Waals surface area (Å²) in [6, 6.07) is 1.44. The van der Waals surface area contributed by atoms with E-state index in [1.54, 1.807) is 0 Å². The van der Waals surface area contributed by atoms with Crippen LogP contribution in [0.25, 0.3) is 0 Å². The molecule has 0 aromatic carbocycles. The number of rotatable bonds is 2. The van der Waals surface area contributed by atoms with Gasteiger partial charge in [0, 0.05) is 23.2 Å². The average Bonchev–Trinajstić information content (AvgIpc) is 2.03. The van der Waals surface area contributed by atoms with Crippen molar-refractivity contribution >= 4 is 0 Å². The van der Waals surface area contributed by atoms with Gasteiger partial charge in [-0.25, -0.2) is 0 Å². The van der Waals surface area contributed by atoms with E-state index in [2.05, 4.69) is 52.2 Å². The van der Waals surface area contributed by atoms with Gasteiger partial charge < -0.3 is 10.6 Å². The van der Waals surface area contributed by atoms with E-state index in [4.69, 9.17) is 0 Å². The lowest BCUT2D eigenvalue weighted by Crippen LogP contribution is -2.50. The van der Waals surface area contributed by atoms with Crippen LogP contribution in [0.15, 0.2) is 0 Å². The Morgan fingerprint density at radius 1 is 0.625 bits per heavy atom. The van der Waals surface area contributed by atoms with Gasteiger partial charge in [0.25, 0.3) is 0 Å². The zero-order valence-electron chi connectivity index (χ0n) is 12.0. The SMILES string of the molecule is CC(C)(C)NC1CCC(NC(C)(C)C)CC1. The van der Waals surface area contributed by atoms with Gasteiger partial charge in [-0.2, -0.15) is 0 Å². The molecule has 0 unspecified atom stereocenters. The normalized spacial score (nSPS) is 28.1. The van der Waals surface area contributed by atoms with E-state index in [1.807, 2.05) is 0 Å². The van der Waals surface area contributed by atoms with Gasteiger partial charge in [0.2, 0.25) is 0 Å². The molecule has 16 heavy (non-hydrogen) atoms. The Labute approximate surface area is 102 Å². The highest BCUT2D eigenvalue weighted by Crippen LogP contribution is 2.22. The molecule has 0 aromatic rings. The van der Waals surface area contributed by atoms with Crippen LogP contribution in [-0.2, 0) is 0 Å². The molecule has 0 radical (unpaired) electrons. The second-order valence-corrected chi connectivity index (χ2v) is 7.34. The maximum absolute atomic E-state index is 3.71. The Kier molecular flexibility index (Phi) is 4.42. The summed E-state index contributed by atoms with van der Waals surface area (Å²) >= 11 is 0. The van der Waals surface area contributed by atoms with Crippen molar-refractivity contribution < 1.29 is 0 Å². The van der Waals surface area contributed by atoms with Crippen molar-refractivity contribution in [3.05, 3.63) is 0 Å². The van der Waals surface area contributed by atoms with E-state index < -0.39 is 0 Å². The van der Waals surface area contributed by atoms with Gasteiger partial charge in [-0.15, -0.1) is 0 Å². The largest absolute Gasteiger partial charge is 0.309 e. The van der Waals surface area contributed by atoms with Crippen molar-refractivity contribution in [2.45, 2.75) is 90.4 Å². The third-order valence-corrected chi connectivity index (χ3v) is 3.00. The van der Waals surface area contributed by atoms with Crippen molar-refractivity contribution in [2.75, 3.05) is 0 Å². The standard InChI is InChI=1S/C14H30N2/c1-13(2,3)15-11-7-9-12(10-8-11)16-14(4,5)6/h11-12,15-16H,7-10H2,1-6H3. The van der Waals surface area contributed by atoms with E-state index in [-0.39, 0.29) is 11.1 Å². The molecular weight excluding hydrogens is 196 g/mol. The molecule has 2 nitrogen and oxygen atoms in total. The van der Waals surface area contributed by atoms with Crippen LogP contribution in [0, 0.1) is 0 Å². The summed E-state index contributed by atoms with van der Waals surface area (Å²) in [5, 5.41) is 7.43. The first kappa shape index (κ1) is 14.0. The smallest absolute Gasteiger partial charge is 0.00990 e. The molecule has 0 amide bonds. The Hall–Kier alpha value is -0.0800. The van der Waals surface area contributed by atoms with Gasteiger partial charge in [-0.05, 0) is 67.2 Å². The highest BCUT2D eigenvalue weighted by molar-refractivity contribution is 4.87. The lowest BCUT2D eigenvalue weighted by atomic mass is 9.88. The molecule has 0 heterocycles. The summed E-state index contributed by atoms with van der Waals surface area (Å²) in [6.45, 7) is 13.5. The molecule has 1 saturated carbocycles. The average molecular weight is 226 g/mol. The topological polar surface area (TPSA) is 24.1 Å². The van der Waals surface area contributed by atoms with Crippen LogP contribution in [-0.4, -0.2) is 23.2 Å². The van der Waals surface area contributed by atoms with Crippen molar-refractivity contribution in [3.63, 3.8) is 0 Å². The quantitative estimate of drug-likeness (QED) is 0.756. The van der Waals surface area contributed by atoms with Crippen LogP contribution < -0.4 is 10.6 Å². The Bertz CT molecular complexity index is 178. The first-order valence-corrected chi connectivity index (χ1v) is 6.71. The number of hydrogen-bond donors (Lipinski definition) is 2. The van der Waals surface area contributed by atoms with Gasteiger partial charge in [-0.1, -0.05) is 0 Å². The Balaban J connectivity index is 2.29. The fourth-order valence-corrected chi connectivity index (χ4v) is 2.61. The van der Waals surface area contributed by atoms with Crippen LogP contribution in [0.5, 0.6) is 0 Å². The maximum Gasteiger partial charge on any atom is 0.00990 e. The first-order chi connectivity index (χ1) is 7.16. The lowest BCUT2D eigenvalue weighted by molar-refractivity contribution is 0.236. The fourth-order valence-electron chi connectivity index (χ4n) is 2.61. The molecule has 0 bridgehead atoms. The van der Waals surface area contributed by atoms with E-state index in [0.717, 1.165) is 12.1 Å². The molecule has 0 aromatic heterocycles. The van der Waals surface area contributed by atoms with Crippen LogP contribution in [0.1, 0.15) is 67.2 Å². The van der Waals surface area contributed by atoms with Crippen LogP contribution in [0.3, 0.4) is 0 Å². The molecule has 2 N–H and O–H groups in total. The zero-order chi connectivity index (χ0) is 12.4. The second kappa shape index (κ2) is 5.05. The van der Waals surface area contributed by atoms with Gasteiger partial charge in [0.15, 0.2) is 0 Å². The predicted molar refractivity (Wildman–Crippen MR) is 71.8 cm³/mol. The van der Waals surface area contributed by atoms with Crippen LogP contribution in [0.4, 0.5) is 0 Å². The minimum atomic E-state index is 0.259. The molecule has 1 fully saturated rings. The molecular formula is C14H30N2. The third-order valence-electron chi connectivity index (χ3n) is 3.00. The van der Waals surface area contributed by atoms with Gasteiger partial charge in [-0.3, -0.25) is 0 Å². The predicted octanol–water partition coefficient (Wildman–Crippen LogP) is 3.07. The van der Waals surface area contributed by atoms with E-state index in [1.165, 1.54) is 25.7 Å². The second-order valence-electron chi connectivity index (χ2n) is 7.34. The maximum atomic E-state index is 3.71. The van der Waals surface area contributed by atoms with Gasteiger partial charge in [0.1, 0.15) is 0 Å². The van der Waals surface area contributed by atoms with Crippen molar-refractivity contribution in [1.29, 1.82) is 0 Å². The molecule has 1 rings (SSSR count). The zero-order valence-corrected chi connectivity index (χ0v) is 12.0. The minimum absolute atomic E-state index is 0.259. The monoisotopic (exact) mass is 226 g/mol. The minimum Gasteiger partial charge on any atom is -0.309 e. The van der Waals surface area contributed by atoms with Crippen LogP contribution in [0.2, 0.25) is 0 Å². The first-order valence-electron chi connectivity index (χ1n) is 6.71. The van der Waals surface area contributed by atoms with E-state index >= 15 is 0 Å². The number of hydrogen-bond acceptors (Lipinski definition) is 2. The summed E-state index contributed by atoms with van der Waals surface area (Å²) in [5.41, 5.74) is 0.518. The number of nitrogens with one attached hydrogen (secondary N) is 2. The molecule has 1 aliphatic rings. The Morgan fingerprint density at radius 3 is 1.06 bits per heavy atom. The van der Waals surface area contributed by atoms with Crippen molar-refractivity contribution in [1.82, 2.24) is 10.6 Å². The van der Waals surface area contributed by atoms with Crippen molar-refractivity contribution in [2.24, 2.45) is 0 Å². The van der Waals surface area contributed by atoms with Gasteiger partial charge in [0.05, 0.1) is 0 Å². The highest BCUT2D eigenvalue weighted by atomic mass is 15.0. The summed E-state index contributed by atoms with van der Waals surface area (Å²) < 4.78 is 0. The van der Waals surface area contributed by atoms with E-state index in [9.17, 15) is 0 Å². The molecule has 0 spiro atoms. The highest BCUT2D eigenvalue weighted by Gasteiger charge is 2.26. The molecule has 0 aliphatic heterocycles. The molecule has 0 saturated heterocycles. The van der Waals surface area contributed by atoms with Crippen LogP contribution >= 0.6 is 0 Å². The van der Waals surface area contributed by atoms with Crippen molar-refractivity contribution in [3.8, 4) is 0 Å². The summed E-state index contributed by atoms with van der Waals surface area (Å²) in [6.07, 6.45) is 5.24. The summed E-state index contributed by atoms with van der Waals surface area (Å²) in [5.74, 6) is 0. The van der Waals surface area contributed by atoms with E-state index in [0.29, 0.717) is 0 Å². The lowest BCUT2D eigenvalue weighted by Gasteiger charge is -2.37. The molecule has 2 heteroatoms.